The molecule has 0 bridgehead atoms. The van der Waals surface area contributed by atoms with Gasteiger partial charge < -0.3 is 14.5 Å². The minimum atomic E-state index is -1.36. The van der Waals surface area contributed by atoms with Gasteiger partial charge in [0, 0.05) is 12.8 Å². The third kappa shape index (κ3) is 3.62. The highest BCUT2D eigenvalue weighted by Crippen LogP contribution is 2.54. The molecule has 15 heteroatoms. The molecule has 6 atom stereocenters. The molecule has 14 nitrogen and oxygen atoms in total. The number of ether oxygens (including phenoxy) is 1. The van der Waals surface area contributed by atoms with Gasteiger partial charge in [-0.25, -0.2) is 9.69 Å². The quantitative estimate of drug-likeness (QED) is 0.137. The van der Waals surface area contributed by atoms with Gasteiger partial charge in [0.05, 0.1) is 16.6 Å². The summed E-state index contributed by atoms with van der Waals surface area (Å²) in [6.45, 7) is 0.258. The molecule has 0 aromatic carbocycles. The van der Waals surface area contributed by atoms with Crippen LogP contribution in [0.2, 0.25) is 0 Å². The molecule has 0 radical (unpaired) electrons. The van der Waals surface area contributed by atoms with Crippen LogP contribution in [-0.2, 0) is 38.3 Å². The lowest BCUT2D eigenvalue weighted by Gasteiger charge is -2.46. The van der Waals surface area contributed by atoms with Gasteiger partial charge in [0.1, 0.15) is 24.1 Å². The van der Waals surface area contributed by atoms with Crippen molar-refractivity contribution < 1.29 is 43.4 Å². The molecule has 0 aromatic heterocycles. The highest BCUT2D eigenvalue weighted by molar-refractivity contribution is 8.01. The summed E-state index contributed by atoms with van der Waals surface area (Å²) in [7, 11) is 0. The zero-order valence-corrected chi connectivity index (χ0v) is 20.1. The molecule has 5 aliphatic rings. The molecule has 0 aromatic rings. The molecule has 4 heterocycles. The van der Waals surface area contributed by atoms with Crippen molar-refractivity contribution in [2.45, 2.75) is 67.7 Å². The molecule has 0 spiro atoms. The van der Waals surface area contributed by atoms with Crippen LogP contribution in [0.5, 0.6) is 0 Å². The van der Waals surface area contributed by atoms with E-state index in [9.17, 15) is 38.9 Å². The summed E-state index contributed by atoms with van der Waals surface area (Å²) in [5.41, 5.74) is 0. The van der Waals surface area contributed by atoms with E-state index >= 15 is 0 Å². The SMILES string of the molecule is C[C@@]1(CO[N+](=O)[O-])S[C@@H]2C(N3C(=O)C4CCCCC4C3=O)C(=O)N2C1C(=O)OCN1C(=O)CCC1=O. The Kier molecular flexibility index (Phi) is 5.92. The van der Waals surface area contributed by atoms with Crippen molar-refractivity contribution in [2.75, 3.05) is 13.3 Å². The van der Waals surface area contributed by atoms with Crippen molar-refractivity contribution in [3.05, 3.63) is 10.1 Å². The van der Waals surface area contributed by atoms with E-state index in [1.807, 2.05) is 0 Å². The summed E-state index contributed by atoms with van der Waals surface area (Å²) in [6.07, 6.45) is 2.79. The van der Waals surface area contributed by atoms with Crippen LogP contribution >= 0.6 is 11.8 Å². The normalized spacial score (nSPS) is 35.6. The van der Waals surface area contributed by atoms with Crippen molar-refractivity contribution >= 4 is 47.3 Å². The number of hydrogen-bond donors (Lipinski definition) is 0. The van der Waals surface area contributed by atoms with Crippen LogP contribution in [-0.4, -0.2) is 90.8 Å². The molecule has 36 heavy (non-hydrogen) atoms. The molecular weight excluding hydrogens is 500 g/mol. The summed E-state index contributed by atoms with van der Waals surface area (Å²) < 4.78 is 3.84. The third-order valence-electron chi connectivity index (χ3n) is 7.62. The Hall–Kier alpha value is -3.23. The van der Waals surface area contributed by atoms with Crippen LogP contribution in [0.4, 0.5) is 0 Å². The minimum absolute atomic E-state index is 0.00169. The lowest BCUT2D eigenvalue weighted by atomic mass is 9.81. The van der Waals surface area contributed by atoms with E-state index in [1.54, 1.807) is 0 Å². The molecule has 1 aliphatic carbocycles. The van der Waals surface area contributed by atoms with Gasteiger partial charge in [-0.1, -0.05) is 12.8 Å². The van der Waals surface area contributed by atoms with Crippen molar-refractivity contribution in [3.8, 4) is 0 Å². The van der Waals surface area contributed by atoms with Crippen LogP contribution < -0.4 is 0 Å². The number of thioether (sulfide) groups is 1. The largest absolute Gasteiger partial charge is 0.442 e. The zero-order valence-electron chi connectivity index (χ0n) is 19.3. The molecular formula is C21H24N4O10S. The number of amides is 5. The van der Waals surface area contributed by atoms with Gasteiger partial charge in [-0.05, 0) is 19.8 Å². The number of rotatable bonds is 7. The number of esters is 1. The Morgan fingerprint density at radius 3 is 2.19 bits per heavy atom. The fourth-order valence-electron chi connectivity index (χ4n) is 5.83. The van der Waals surface area contributed by atoms with E-state index in [0.717, 1.165) is 39.3 Å². The van der Waals surface area contributed by atoms with Crippen molar-refractivity contribution in [1.29, 1.82) is 0 Å². The fourth-order valence-corrected chi connectivity index (χ4v) is 7.55. The van der Waals surface area contributed by atoms with E-state index in [0.29, 0.717) is 12.8 Å². The Morgan fingerprint density at radius 1 is 1.06 bits per heavy atom. The fraction of sp³-hybridized carbons (Fsp3) is 0.714. The van der Waals surface area contributed by atoms with Crippen LogP contribution in [0.25, 0.3) is 0 Å². The molecule has 4 aliphatic heterocycles. The first-order valence-electron chi connectivity index (χ1n) is 11.7. The van der Waals surface area contributed by atoms with Crippen LogP contribution in [0.1, 0.15) is 45.4 Å². The van der Waals surface area contributed by atoms with E-state index < -0.39 is 88.0 Å². The maximum atomic E-state index is 13.3. The van der Waals surface area contributed by atoms with Crippen molar-refractivity contribution in [3.63, 3.8) is 0 Å². The molecule has 0 N–H and O–H groups in total. The number of carbonyl (C=O) groups excluding carboxylic acids is 6. The number of hydrogen-bond acceptors (Lipinski definition) is 11. The van der Waals surface area contributed by atoms with Gasteiger partial charge in [0.2, 0.25) is 23.6 Å². The molecule has 5 rings (SSSR count). The van der Waals surface area contributed by atoms with Crippen LogP contribution in [0.15, 0.2) is 0 Å². The first-order valence-corrected chi connectivity index (χ1v) is 12.6. The topological polar surface area (TPSA) is 174 Å². The lowest BCUT2D eigenvalue weighted by Crippen LogP contribution is -2.71. The number of nitrogens with zero attached hydrogens (tertiary/aromatic N) is 4. The molecule has 4 saturated heterocycles. The highest BCUT2D eigenvalue weighted by atomic mass is 32.2. The maximum Gasteiger partial charge on any atom is 0.332 e. The van der Waals surface area contributed by atoms with Crippen molar-refractivity contribution in [1.82, 2.24) is 14.7 Å². The maximum absolute atomic E-state index is 13.3. The summed E-state index contributed by atoms with van der Waals surface area (Å²) in [4.78, 5) is 94.6. The standard InChI is InChI=1S/C21H24N4O10S/c1-21(8-35-25(32)33)15(20(31)34-9-22-12(26)6-7-13(22)27)24-18(30)14(19(24)36-21)23-16(28)10-4-2-3-5-11(10)17(23)29/h10-11,14-15,19H,2-9H2,1H3/t10?,11?,14?,15?,19-,21+/m1/s1. The predicted molar refractivity (Wildman–Crippen MR) is 116 cm³/mol. The van der Waals surface area contributed by atoms with E-state index in [4.69, 9.17) is 4.74 Å². The van der Waals surface area contributed by atoms with Gasteiger partial charge >= 0.3 is 5.97 Å². The third-order valence-corrected chi connectivity index (χ3v) is 9.23. The van der Waals surface area contributed by atoms with Crippen LogP contribution in [0, 0.1) is 22.0 Å². The second-order valence-corrected chi connectivity index (χ2v) is 11.4. The number of carbonyl (C=O) groups is 6. The predicted octanol–water partition coefficient (Wildman–Crippen LogP) is -0.569. The highest BCUT2D eigenvalue weighted by Gasteiger charge is 2.70. The lowest BCUT2D eigenvalue weighted by molar-refractivity contribution is -0.758. The first kappa shape index (κ1) is 24.5. The number of fused-ring (bicyclic) bond motifs is 2. The summed E-state index contributed by atoms with van der Waals surface area (Å²) in [5.74, 6) is -4.34. The van der Waals surface area contributed by atoms with E-state index in [-0.39, 0.29) is 12.8 Å². The monoisotopic (exact) mass is 524 g/mol. The number of likely N-dealkylation sites (tertiary alicyclic amines) is 2. The minimum Gasteiger partial charge on any atom is -0.442 e. The van der Waals surface area contributed by atoms with Gasteiger partial charge in [-0.3, -0.25) is 28.9 Å². The van der Waals surface area contributed by atoms with Gasteiger partial charge in [-0.15, -0.1) is 21.9 Å². The second-order valence-electron chi connectivity index (χ2n) is 9.76. The Bertz CT molecular complexity index is 1040. The summed E-state index contributed by atoms with van der Waals surface area (Å²) in [5, 5.41) is 9.05. The molecule has 5 fully saturated rings. The van der Waals surface area contributed by atoms with E-state index in [1.165, 1.54) is 6.92 Å². The van der Waals surface area contributed by atoms with Crippen molar-refractivity contribution in [2.24, 2.45) is 11.8 Å². The Balaban J connectivity index is 1.37. The first-order chi connectivity index (χ1) is 17.0. The van der Waals surface area contributed by atoms with Gasteiger partial charge in [0.15, 0.2) is 6.73 Å². The average molecular weight is 525 g/mol. The second kappa shape index (κ2) is 8.71. The Morgan fingerprint density at radius 2 is 1.64 bits per heavy atom. The van der Waals surface area contributed by atoms with Crippen LogP contribution in [0.3, 0.4) is 0 Å². The Labute approximate surface area is 208 Å². The molecule has 1 saturated carbocycles. The van der Waals surface area contributed by atoms with Gasteiger partial charge in [-0.2, -0.15) is 0 Å². The van der Waals surface area contributed by atoms with Gasteiger partial charge in [0.25, 0.3) is 11.0 Å². The zero-order chi connectivity index (χ0) is 25.9. The smallest absolute Gasteiger partial charge is 0.332 e. The molecule has 194 valence electrons. The van der Waals surface area contributed by atoms with E-state index in [2.05, 4.69) is 4.84 Å². The molecule has 5 amide bonds. The summed E-state index contributed by atoms with van der Waals surface area (Å²) >= 11 is 1.02. The summed E-state index contributed by atoms with van der Waals surface area (Å²) in [6, 6.07) is -2.49. The number of imide groups is 2. The molecule has 4 unspecified atom stereocenters. The average Bonchev–Trinajstić information content (AvgIpc) is 3.40. The number of β-lactam (4-membered cyclic amide) rings is 1.